The second-order valence-corrected chi connectivity index (χ2v) is 6.59. The summed E-state index contributed by atoms with van der Waals surface area (Å²) < 4.78 is 78.4. The summed E-state index contributed by atoms with van der Waals surface area (Å²) in [7, 11) is 0. The molecule has 0 aliphatic carbocycles. The van der Waals surface area contributed by atoms with Gasteiger partial charge in [0, 0.05) is 45.3 Å². The minimum Gasteiger partial charge on any atom is -0.385 e. The second-order valence-electron chi connectivity index (χ2n) is 6.59. The van der Waals surface area contributed by atoms with Crippen molar-refractivity contribution in [2.24, 2.45) is 5.73 Å². The number of nitrogens with zero attached hydrogens (tertiary/aromatic N) is 2. The molecule has 162 valence electrons. The fraction of sp³-hybridized carbons (Fsp3) is 0.500. The molecule has 11 heteroatoms. The summed E-state index contributed by atoms with van der Waals surface area (Å²) in [6.45, 7) is 3.17. The van der Waals surface area contributed by atoms with Crippen LogP contribution in [0.1, 0.15) is 23.6 Å². The number of nitrogens with two attached hydrogens (primary N) is 1. The first-order valence-electron chi connectivity index (χ1n) is 8.91. The summed E-state index contributed by atoms with van der Waals surface area (Å²) in [5, 5.41) is 2.56. The van der Waals surface area contributed by atoms with E-state index in [0.717, 1.165) is 0 Å². The SMILES string of the molecule is CCNC(=O)/C=C(\N)N1CCN(Cc2cc(C(F)(F)F)ccc2C(F)(F)F)CC1. The Morgan fingerprint density at radius 2 is 1.72 bits per heavy atom. The first kappa shape index (κ1) is 22.9. The van der Waals surface area contributed by atoms with Crippen molar-refractivity contribution in [1.29, 1.82) is 0 Å². The number of alkyl halides is 6. The van der Waals surface area contributed by atoms with Crippen LogP contribution in [0, 0.1) is 0 Å². The predicted octanol–water partition coefficient (Wildman–Crippen LogP) is 2.78. The summed E-state index contributed by atoms with van der Waals surface area (Å²) in [6.07, 6.45) is -8.25. The second kappa shape index (κ2) is 8.93. The molecule has 0 aromatic heterocycles. The Labute approximate surface area is 164 Å². The molecule has 1 amide bonds. The molecule has 0 bridgehead atoms. The van der Waals surface area contributed by atoms with Crippen LogP contribution in [0.15, 0.2) is 30.1 Å². The molecule has 0 atom stereocenters. The molecule has 29 heavy (non-hydrogen) atoms. The van der Waals surface area contributed by atoms with Crippen molar-refractivity contribution in [2.75, 3.05) is 32.7 Å². The monoisotopic (exact) mass is 424 g/mol. The normalized spacial score (nSPS) is 16.8. The Hall–Kier alpha value is -2.43. The molecule has 1 heterocycles. The van der Waals surface area contributed by atoms with Gasteiger partial charge in [-0.1, -0.05) is 0 Å². The number of rotatable bonds is 5. The van der Waals surface area contributed by atoms with Gasteiger partial charge in [-0.15, -0.1) is 0 Å². The van der Waals surface area contributed by atoms with E-state index in [1.807, 2.05) is 0 Å². The van der Waals surface area contributed by atoms with E-state index in [1.165, 1.54) is 6.08 Å². The zero-order chi connectivity index (χ0) is 21.8. The average Bonchev–Trinajstić information content (AvgIpc) is 2.60. The topological polar surface area (TPSA) is 61.6 Å². The lowest BCUT2D eigenvalue weighted by Gasteiger charge is -2.36. The van der Waals surface area contributed by atoms with Crippen LogP contribution in [0.25, 0.3) is 0 Å². The zero-order valence-electron chi connectivity index (χ0n) is 15.7. The van der Waals surface area contributed by atoms with Crippen LogP contribution in [0.4, 0.5) is 26.3 Å². The number of benzene rings is 1. The Bertz CT molecular complexity index is 752. The molecule has 2 rings (SSSR count). The van der Waals surface area contributed by atoms with Crippen molar-refractivity contribution in [3.8, 4) is 0 Å². The van der Waals surface area contributed by atoms with Crippen LogP contribution in [-0.2, 0) is 23.7 Å². The minimum atomic E-state index is -4.75. The summed E-state index contributed by atoms with van der Waals surface area (Å²) in [5.41, 5.74) is 3.24. The number of carbonyl (C=O) groups excluding carboxylic acids is 1. The number of hydrogen-bond acceptors (Lipinski definition) is 4. The number of nitrogens with one attached hydrogen (secondary N) is 1. The van der Waals surface area contributed by atoms with Crippen molar-refractivity contribution >= 4 is 5.91 Å². The highest BCUT2D eigenvalue weighted by molar-refractivity contribution is 5.87. The highest BCUT2D eigenvalue weighted by Gasteiger charge is 2.37. The van der Waals surface area contributed by atoms with E-state index in [1.54, 1.807) is 16.7 Å². The van der Waals surface area contributed by atoms with Crippen LogP contribution >= 0.6 is 0 Å². The smallest absolute Gasteiger partial charge is 0.385 e. The molecule has 1 saturated heterocycles. The van der Waals surface area contributed by atoms with E-state index in [4.69, 9.17) is 5.73 Å². The average molecular weight is 424 g/mol. The van der Waals surface area contributed by atoms with Gasteiger partial charge in [0.2, 0.25) is 5.91 Å². The van der Waals surface area contributed by atoms with Gasteiger partial charge in [0.15, 0.2) is 0 Å². The molecule has 1 aliphatic heterocycles. The lowest BCUT2D eigenvalue weighted by molar-refractivity contribution is -0.142. The lowest BCUT2D eigenvalue weighted by Crippen LogP contribution is -2.47. The van der Waals surface area contributed by atoms with Gasteiger partial charge in [0.25, 0.3) is 0 Å². The standard InChI is InChI=1S/C18H22F6N4O/c1-2-26-16(29)10-15(25)28-7-5-27(6-8-28)11-12-9-13(17(19,20)21)3-4-14(12)18(22,23)24/h3-4,9-10H,2,5-8,11,25H2,1H3,(H,26,29)/b15-10+. The molecule has 1 aliphatic rings. The van der Waals surface area contributed by atoms with Gasteiger partial charge in [0.05, 0.1) is 11.1 Å². The van der Waals surface area contributed by atoms with Crippen molar-refractivity contribution < 1.29 is 31.1 Å². The molecule has 1 aromatic rings. The molecular formula is C18H22F6N4O. The zero-order valence-corrected chi connectivity index (χ0v) is 15.7. The largest absolute Gasteiger partial charge is 0.416 e. The van der Waals surface area contributed by atoms with E-state index in [9.17, 15) is 31.1 Å². The fourth-order valence-electron chi connectivity index (χ4n) is 3.03. The molecule has 0 saturated carbocycles. The predicted molar refractivity (Wildman–Crippen MR) is 94.3 cm³/mol. The van der Waals surface area contributed by atoms with E-state index < -0.39 is 29.0 Å². The van der Waals surface area contributed by atoms with Crippen LogP contribution < -0.4 is 11.1 Å². The quantitative estimate of drug-likeness (QED) is 0.564. The van der Waals surface area contributed by atoms with Gasteiger partial charge in [0.1, 0.15) is 5.82 Å². The number of halogens is 6. The van der Waals surface area contributed by atoms with Gasteiger partial charge in [-0.2, -0.15) is 26.3 Å². The fourth-order valence-corrected chi connectivity index (χ4v) is 3.03. The minimum absolute atomic E-state index is 0.227. The molecular weight excluding hydrogens is 402 g/mol. The maximum atomic E-state index is 13.2. The maximum Gasteiger partial charge on any atom is 0.416 e. The Kier molecular flexibility index (Phi) is 7.04. The highest BCUT2D eigenvalue weighted by atomic mass is 19.4. The highest BCUT2D eigenvalue weighted by Crippen LogP contribution is 2.37. The molecule has 0 radical (unpaired) electrons. The third kappa shape index (κ3) is 6.28. The van der Waals surface area contributed by atoms with E-state index in [2.05, 4.69) is 5.32 Å². The van der Waals surface area contributed by atoms with Gasteiger partial charge in [-0.25, -0.2) is 0 Å². The Morgan fingerprint density at radius 1 is 1.10 bits per heavy atom. The Morgan fingerprint density at radius 3 is 2.24 bits per heavy atom. The van der Waals surface area contributed by atoms with Crippen LogP contribution in [0.2, 0.25) is 0 Å². The number of hydrogen-bond donors (Lipinski definition) is 2. The molecule has 1 fully saturated rings. The van der Waals surface area contributed by atoms with Crippen molar-refractivity contribution in [3.63, 3.8) is 0 Å². The van der Waals surface area contributed by atoms with Crippen LogP contribution in [0.3, 0.4) is 0 Å². The Balaban J connectivity index is 2.10. The van der Waals surface area contributed by atoms with E-state index in [0.29, 0.717) is 37.8 Å². The summed E-state index contributed by atoms with van der Waals surface area (Å²) in [5.74, 6) is -0.128. The van der Waals surface area contributed by atoms with E-state index >= 15 is 0 Å². The number of piperazine rings is 1. The van der Waals surface area contributed by atoms with Gasteiger partial charge >= 0.3 is 12.4 Å². The molecule has 5 nitrogen and oxygen atoms in total. The third-order valence-electron chi connectivity index (χ3n) is 4.50. The maximum absolute atomic E-state index is 13.2. The first-order chi connectivity index (χ1) is 13.4. The van der Waals surface area contributed by atoms with E-state index in [-0.39, 0.29) is 31.4 Å². The summed E-state index contributed by atoms with van der Waals surface area (Å²) in [6, 6.07) is 1.47. The van der Waals surface area contributed by atoms with Crippen LogP contribution in [-0.4, -0.2) is 48.4 Å². The molecule has 0 spiro atoms. The van der Waals surface area contributed by atoms with Crippen molar-refractivity contribution in [2.45, 2.75) is 25.8 Å². The number of amides is 1. The number of likely N-dealkylation sites (N-methyl/N-ethyl adjacent to an activating group) is 1. The molecule has 0 unspecified atom stereocenters. The summed E-state index contributed by atoms with van der Waals surface area (Å²) >= 11 is 0. The number of carbonyl (C=O) groups is 1. The molecule has 1 aromatic carbocycles. The van der Waals surface area contributed by atoms with Crippen LogP contribution in [0.5, 0.6) is 0 Å². The lowest BCUT2D eigenvalue weighted by atomic mass is 10.0. The van der Waals surface area contributed by atoms with Crippen molar-refractivity contribution in [3.05, 3.63) is 46.8 Å². The molecule has 3 N–H and O–H groups in total. The summed E-state index contributed by atoms with van der Waals surface area (Å²) in [4.78, 5) is 14.9. The first-order valence-corrected chi connectivity index (χ1v) is 8.91. The van der Waals surface area contributed by atoms with Gasteiger partial charge < -0.3 is 16.0 Å². The van der Waals surface area contributed by atoms with Gasteiger partial charge in [-0.05, 0) is 30.7 Å². The van der Waals surface area contributed by atoms with Crippen molar-refractivity contribution in [1.82, 2.24) is 15.1 Å². The third-order valence-corrected chi connectivity index (χ3v) is 4.50. The van der Waals surface area contributed by atoms with Gasteiger partial charge in [-0.3, -0.25) is 9.69 Å².